The molecule has 1 aromatic rings. The van der Waals surface area contributed by atoms with Crippen molar-refractivity contribution >= 4 is 23.5 Å². The number of carboxylic acids is 1. The molecule has 0 bridgehead atoms. The predicted octanol–water partition coefficient (Wildman–Crippen LogP) is 1.42. The Morgan fingerprint density at radius 1 is 1.53 bits per heavy atom. The van der Waals surface area contributed by atoms with E-state index in [9.17, 15) is 9.59 Å². The third-order valence-electron chi connectivity index (χ3n) is 3.10. The Bertz CT molecular complexity index is 474. The number of likely N-dealkylation sites (tertiary alicyclic amines) is 1. The van der Waals surface area contributed by atoms with Crippen LogP contribution in [0, 0.1) is 0 Å². The van der Waals surface area contributed by atoms with Gasteiger partial charge in [0.1, 0.15) is 10.7 Å². The van der Waals surface area contributed by atoms with Crippen LogP contribution in [0.5, 0.6) is 0 Å². The van der Waals surface area contributed by atoms with Crippen LogP contribution in [0.25, 0.3) is 0 Å². The molecule has 1 aromatic heterocycles. The highest BCUT2D eigenvalue weighted by Crippen LogP contribution is 2.32. The molecule has 1 unspecified atom stereocenters. The predicted molar refractivity (Wildman–Crippen MR) is 60.9 cm³/mol. The van der Waals surface area contributed by atoms with Crippen molar-refractivity contribution < 1.29 is 14.7 Å². The Labute approximate surface area is 103 Å². The molecule has 0 aliphatic carbocycles. The van der Waals surface area contributed by atoms with E-state index in [2.05, 4.69) is 4.98 Å². The lowest BCUT2D eigenvalue weighted by atomic mass is 9.86. The number of pyridine rings is 1. The molecule has 2 heterocycles. The number of hydrogen-bond donors (Lipinski definition) is 1. The number of halogens is 1. The third kappa shape index (κ3) is 1.86. The normalized spacial score (nSPS) is 23.1. The molecule has 1 fully saturated rings. The van der Waals surface area contributed by atoms with Crippen LogP contribution >= 0.6 is 11.6 Å². The van der Waals surface area contributed by atoms with Gasteiger partial charge in [0, 0.05) is 12.7 Å². The van der Waals surface area contributed by atoms with Crippen LogP contribution in [0.2, 0.25) is 5.15 Å². The minimum Gasteiger partial charge on any atom is -0.480 e. The molecule has 1 aliphatic rings. The van der Waals surface area contributed by atoms with E-state index in [-0.39, 0.29) is 5.91 Å². The van der Waals surface area contributed by atoms with E-state index < -0.39 is 11.5 Å². The molecule has 0 spiro atoms. The van der Waals surface area contributed by atoms with Gasteiger partial charge in [-0.2, -0.15) is 0 Å². The smallest absolute Gasteiger partial charge is 0.329 e. The monoisotopic (exact) mass is 254 g/mol. The SMILES string of the molecule is CC1(C(=O)O)CCN1C(=O)c1ccc(Cl)nc1. The summed E-state index contributed by atoms with van der Waals surface area (Å²) in [7, 11) is 0. The Kier molecular flexibility index (Phi) is 2.79. The maximum atomic E-state index is 12.0. The number of carbonyl (C=O) groups excluding carboxylic acids is 1. The van der Waals surface area contributed by atoms with Gasteiger partial charge in [-0.05, 0) is 25.5 Å². The van der Waals surface area contributed by atoms with Crippen LogP contribution in [-0.2, 0) is 4.79 Å². The summed E-state index contributed by atoms with van der Waals surface area (Å²) < 4.78 is 0. The van der Waals surface area contributed by atoms with Gasteiger partial charge in [0.25, 0.3) is 5.91 Å². The van der Waals surface area contributed by atoms with Crippen molar-refractivity contribution in [3.63, 3.8) is 0 Å². The molecule has 6 heteroatoms. The number of hydrogen-bond acceptors (Lipinski definition) is 3. The number of aliphatic carboxylic acids is 1. The molecule has 90 valence electrons. The highest BCUT2D eigenvalue weighted by molar-refractivity contribution is 6.29. The summed E-state index contributed by atoms with van der Waals surface area (Å²) in [6.07, 6.45) is 1.82. The summed E-state index contributed by atoms with van der Waals surface area (Å²) in [6.45, 7) is 1.99. The third-order valence-corrected chi connectivity index (χ3v) is 3.32. The van der Waals surface area contributed by atoms with Gasteiger partial charge in [0.15, 0.2) is 0 Å². The van der Waals surface area contributed by atoms with Crippen LogP contribution in [0.4, 0.5) is 0 Å². The standard InChI is InChI=1S/C11H11ClN2O3/c1-11(10(16)17)4-5-14(11)9(15)7-2-3-8(12)13-6-7/h2-3,6H,4-5H2,1H3,(H,16,17). The van der Waals surface area contributed by atoms with Crippen LogP contribution in [0.15, 0.2) is 18.3 Å². The van der Waals surface area contributed by atoms with Gasteiger partial charge in [-0.3, -0.25) is 4.79 Å². The molecule has 1 atom stereocenters. The molecule has 1 aliphatic heterocycles. The van der Waals surface area contributed by atoms with Gasteiger partial charge in [-0.1, -0.05) is 11.6 Å². The van der Waals surface area contributed by atoms with Crippen molar-refractivity contribution in [3.8, 4) is 0 Å². The summed E-state index contributed by atoms with van der Waals surface area (Å²) in [6, 6.07) is 3.05. The molecular weight excluding hydrogens is 244 g/mol. The second-order valence-electron chi connectivity index (χ2n) is 4.16. The molecule has 17 heavy (non-hydrogen) atoms. The molecule has 1 saturated heterocycles. The van der Waals surface area contributed by atoms with Crippen LogP contribution in [0.1, 0.15) is 23.7 Å². The van der Waals surface area contributed by atoms with Gasteiger partial charge in [0.2, 0.25) is 0 Å². The van der Waals surface area contributed by atoms with E-state index in [0.29, 0.717) is 23.7 Å². The van der Waals surface area contributed by atoms with Crippen molar-refractivity contribution in [2.75, 3.05) is 6.54 Å². The average molecular weight is 255 g/mol. The number of carboxylic acid groups (broad SMARTS) is 1. The van der Waals surface area contributed by atoms with Gasteiger partial charge in [-0.15, -0.1) is 0 Å². The van der Waals surface area contributed by atoms with Gasteiger partial charge >= 0.3 is 5.97 Å². The Morgan fingerprint density at radius 3 is 2.65 bits per heavy atom. The first-order chi connectivity index (χ1) is 7.95. The maximum Gasteiger partial charge on any atom is 0.329 e. The van der Waals surface area contributed by atoms with E-state index in [1.807, 2.05) is 0 Å². The topological polar surface area (TPSA) is 70.5 Å². The van der Waals surface area contributed by atoms with Crippen LogP contribution < -0.4 is 0 Å². The zero-order chi connectivity index (χ0) is 12.6. The zero-order valence-corrected chi connectivity index (χ0v) is 9.94. The highest BCUT2D eigenvalue weighted by Gasteiger charge is 2.49. The number of carbonyl (C=O) groups is 2. The summed E-state index contributed by atoms with van der Waals surface area (Å²) in [5, 5.41) is 9.37. The minimum absolute atomic E-state index is 0.297. The van der Waals surface area contributed by atoms with Crippen LogP contribution in [0.3, 0.4) is 0 Å². The Hall–Kier alpha value is -1.62. The van der Waals surface area contributed by atoms with Crippen molar-refractivity contribution in [3.05, 3.63) is 29.0 Å². The maximum absolute atomic E-state index is 12.0. The van der Waals surface area contributed by atoms with Crippen molar-refractivity contribution in [1.29, 1.82) is 0 Å². The fourth-order valence-corrected chi connectivity index (χ4v) is 1.88. The summed E-state index contributed by atoms with van der Waals surface area (Å²) >= 11 is 5.62. The van der Waals surface area contributed by atoms with E-state index in [0.717, 1.165) is 0 Å². The fourth-order valence-electron chi connectivity index (χ4n) is 1.77. The number of aromatic nitrogens is 1. The molecular formula is C11H11ClN2O3. The first-order valence-corrected chi connectivity index (χ1v) is 5.50. The second-order valence-corrected chi connectivity index (χ2v) is 4.54. The molecule has 2 rings (SSSR count). The Morgan fingerprint density at radius 2 is 2.24 bits per heavy atom. The van der Waals surface area contributed by atoms with Gasteiger partial charge < -0.3 is 10.0 Å². The quantitative estimate of drug-likeness (QED) is 0.811. The first-order valence-electron chi connectivity index (χ1n) is 5.12. The van der Waals surface area contributed by atoms with Crippen molar-refractivity contribution in [2.45, 2.75) is 18.9 Å². The lowest BCUT2D eigenvalue weighted by Gasteiger charge is -2.47. The van der Waals surface area contributed by atoms with E-state index in [4.69, 9.17) is 16.7 Å². The lowest BCUT2D eigenvalue weighted by Crippen LogP contribution is -2.64. The average Bonchev–Trinajstić information content (AvgIpc) is 2.27. The summed E-state index contributed by atoms with van der Waals surface area (Å²) in [5.41, 5.74) is -0.752. The van der Waals surface area contributed by atoms with Gasteiger partial charge in [-0.25, -0.2) is 9.78 Å². The van der Waals surface area contributed by atoms with Crippen molar-refractivity contribution in [1.82, 2.24) is 9.88 Å². The largest absolute Gasteiger partial charge is 0.480 e. The van der Waals surface area contributed by atoms with Crippen molar-refractivity contribution in [2.24, 2.45) is 0 Å². The molecule has 1 N–H and O–H groups in total. The zero-order valence-electron chi connectivity index (χ0n) is 9.18. The Balaban J connectivity index is 2.22. The molecule has 5 nitrogen and oxygen atoms in total. The minimum atomic E-state index is -1.10. The molecule has 0 radical (unpaired) electrons. The number of amides is 1. The summed E-state index contributed by atoms with van der Waals surface area (Å²) in [4.78, 5) is 28.2. The second kappa shape index (κ2) is 4.00. The number of nitrogens with zero attached hydrogens (tertiary/aromatic N) is 2. The van der Waals surface area contributed by atoms with E-state index >= 15 is 0 Å². The molecule has 1 amide bonds. The molecule has 0 aromatic carbocycles. The summed E-state index contributed by atoms with van der Waals surface area (Å²) in [5.74, 6) is -1.32. The highest BCUT2D eigenvalue weighted by atomic mass is 35.5. The molecule has 0 saturated carbocycles. The van der Waals surface area contributed by atoms with E-state index in [1.54, 1.807) is 6.92 Å². The first kappa shape index (κ1) is 11.9. The number of rotatable bonds is 2. The van der Waals surface area contributed by atoms with E-state index in [1.165, 1.54) is 23.2 Å². The fraction of sp³-hybridized carbons (Fsp3) is 0.364. The lowest BCUT2D eigenvalue weighted by molar-refractivity contribution is -0.155. The van der Waals surface area contributed by atoms with Gasteiger partial charge in [0.05, 0.1) is 5.56 Å². The van der Waals surface area contributed by atoms with Crippen LogP contribution in [-0.4, -0.2) is 39.0 Å².